The smallest absolute Gasteiger partial charge is 0.309 e. The Labute approximate surface area is 127 Å². The van der Waals surface area contributed by atoms with Crippen LogP contribution in [0.2, 0.25) is 0 Å². The molecule has 21 heavy (non-hydrogen) atoms. The molecule has 0 radical (unpaired) electrons. The summed E-state index contributed by atoms with van der Waals surface area (Å²) in [6.07, 6.45) is 4.60. The van der Waals surface area contributed by atoms with E-state index in [1.54, 1.807) is 0 Å². The summed E-state index contributed by atoms with van der Waals surface area (Å²) >= 11 is 0. The molecule has 0 aliphatic heterocycles. The van der Waals surface area contributed by atoms with E-state index in [0.29, 0.717) is 5.92 Å². The average Bonchev–Trinajstić information content (AvgIpc) is 3.32. The monoisotopic (exact) mass is 290 g/mol. The van der Waals surface area contributed by atoms with Gasteiger partial charge in [-0.05, 0) is 48.8 Å². The second-order valence-electron chi connectivity index (χ2n) is 5.95. The molecule has 0 N–H and O–H groups in total. The van der Waals surface area contributed by atoms with Crippen LogP contribution >= 0.6 is 0 Å². The summed E-state index contributed by atoms with van der Waals surface area (Å²) in [5, 5.41) is 0. The van der Waals surface area contributed by atoms with E-state index in [-0.39, 0.29) is 17.8 Å². The van der Waals surface area contributed by atoms with Gasteiger partial charge in [0, 0.05) is 0 Å². The first-order chi connectivity index (χ1) is 10.2. The van der Waals surface area contributed by atoms with E-state index >= 15 is 0 Å². The molecule has 3 heteroatoms. The lowest BCUT2D eigenvalue weighted by Gasteiger charge is -2.23. The minimum absolute atomic E-state index is 0.103. The van der Waals surface area contributed by atoms with E-state index in [1.807, 2.05) is 19.1 Å². The van der Waals surface area contributed by atoms with Gasteiger partial charge in [0.2, 0.25) is 0 Å². The van der Waals surface area contributed by atoms with Crippen molar-refractivity contribution >= 4 is 5.97 Å². The molecule has 0 heterocycles. The molecular weight excluding hydrogens is 264 g/mol. The number of carbonyl (C=O) groups is 1. The summed E-state index contributed by atoms with van der Waals surface area (Å²) in [5.41, 5.74) is 1.20. The molecule has 2 rings (SSSR count). The molecule has 0 aromatic heterocycles. The Morgan fingerprint density at radius 1 is 1.38 bits per heavy atom. The molecule has 0 spiro atoms. The van der Waals surface area contributed by atoms with Gasteiger partial charge in [-0.15, -0.1) is 0 Å². The Morgan fingerprint density at radius 2 is 2.14 bits per heavy atom. The van der Waals surface area contributed by atoms with Gasteiger partial charge < -0.3 is 9.47 Å². The van der Waals surface area contributed by atoms with Crippen molar-refractivity contribution in [3.05, 3.63) is 29.8 Å². The average molecular weight is 290 g/mol. The van der Waals surface area contributed by atoms with Crippen molar-refractivity contribution in [3.8, 4) is 5.75 Å². The van der Waals surface area contributed by atoms with Crippen LogP contribution in [0, 0.1) is 11.8 Å². The molecule has 0 unspecified atom stereocenters. The van der Waals surface area contributed by atoms with Gasteiger partial charge in [0.25, 0.3) is 0 Å². The second-order valence-corrected chi connectivity index (χ2v) is 5.95. The molecule has 1 fully saturated rings. The predicted molar refractivity (Wildman–Crippen MR) is 83.5 cm³/mol. The Balaban J connectivity index is 2.12. The molecule has 1 saturated carbocycles. The Bertz CT molecular complexity index is 465. The summed E-state index contributed by atoms with van der Waals surface area (Å²) in [6.45, 7) is 4.88. The van der Waals surface area contributed by atoms with Crippen molar-refractivity contribution in [1.82, 2.24) is 0 Å². The van der Waals surface area contributed by atoms with Gasteiger partial charge in [0.15, 0.2) is 0 Å². The van der Waals surface area contributed by atoms with E-state index in [9.17, 15) is 4.79 Å². The first-order valence-electron chi connectivity index (χ1n) is 7.98. The van der Waals surface area contributed by atoms with Crippen LogP contribution in [0.3, 0.4) is 0 Å². The minimum Gasteiger partial charge on any atom is -0.494 e. The lowest BCUT2D eigenvalue weighted by atomic mass is 9.83. The van der Waals surface area contributed by atoms with Crippen LogP contribution in [0.5, 0.6) is 5.75 Å². The van der Waals surface area contributed by atoms with Gasteiger partial charge in [-0.25, -0.2) is 0 Å². The highest BCUT2D eigenvalue weighted by Gasteiger charge is 2.39. The Morgan fingerprint density at radius 3 is 2.76 bits per heavy atom. The number of hydrogen-bond donors (Lipinski definition) is 0. The zero-order chi connectivity index (χ0) is 15.2. The van der Waals surface area contributed by atoms with Crippen molar-refractivity contribution in [2.45, 2.75) is 45.4 Å². The third kappa shape index (κ3) is 4.23. The fourth-order valence-electron chi connectivity index (χ4n) is 2.90. The summed E-state index contributed by atoms with van der Waals surface area (Å²) in [6, 6.07) is 8.22. The molecule has 116 valence electrons. The molecule has 0 saturated heterocycles. The number of unbranched alkanes of at least 4 members (excludes halogenated alkanes) is 1. The van der Waals surface area contributed by atoms with Crippen LogP contribution in [-0.4, -0.2) is 19.7 Å². The van der Waals surface area contributed by atoms with Gasteiger partial charge in [-0.2, -0.15) is 0 Å². The van der Waals surface area contributed by atoms with Crippen LogP contribution < -0.4 is 4.74 Å². The van der Waals surface area contributed by atoms with Crippen molar-refractivity contribution in [2.75, 3.05) is 13.7 Å². The van der Waals surface area contributed by atoms with E-state index in [1.165, 1.54) is 25.5 Å². The second kappa shape index (κ2) is 7.48. The van der Waals surface area contributed by atoms with Crippen LogP contribution in [0.4, 0.5) is 0 Å². The Kier molecular flexibility index (Phi) is 5.66. The van der Waals surface area contributed by atoms with Crippen molar-refractivity contribution in [2.24, 2.45) is 11.8 Å². The minimum atomic E-state index is -0.121. The summed E-state index contributed by atoms with van der Waals surface area (Å²) < 4.78 is 10.7. The van der Waals surface area contributed by atoms with Crippen molar-refractivity contribution in [1.29, 1.82) is 0 Å². The molecule has 0 bridgehead atoms. The van der Waals surface area contributed by atoms with Gasteiger partial charge >= 0.3 is 5.97 Å². The Hall–Kier alpha value is -1.51. The molecule has 1 aromatic rings. The first kappa shape index (κ1) is 15.9. The largest absolute Gasteiger partial charge is 0.494 e. The van der Waals surface area contributed by atoms with Crippen LogP contribution in [0.25, 0.3) is 0 Å². The molecule has 2 atom stereocenters. The molecule has 1 aliphatic rings. The number of carbonyl (C=O) groups excluding carboxylic acids is 1. The molecule has 1 aliphatic carbocycles. The van der Waals surface area contributed by atoms with E-state index in [0.717, 1.165) is 25.2 Å². The number of rotatable bonds is 8. The number of benzene rings is 1. The number of ether oxygens (including phenoxy) is 2. The topological polar surface area (TPSA) is 35.5 Å². The first-order valence-corrected chi connectivity index (χ1v) is 7.98. The third-order valence-electron chi connectivity index (χ3n) is 4.25. The summed E-state index contributed by atoms with van der Waals surface area (Å²) in [7, 11) is 1.47. The highest BCUT2D eigenvalue weighted by molar-refractivity contribution is 5.73. The van der Waals surface area contributed by atoms with Gasteiger partial charge in [-0.1, -0.05) is 32.4 Å². The van der Waals surface area contributed by atoms with E-state index < -0.39 is 0 Å². The zero-order valence-electron chi connectivity index (χ0n) is 13.3. The molecule has 1 aromatic carbocycles. The maximum atomic E-state index is 11.9. The third-order valence-corrected chi connectivity index (χ3v) is 4.25. The van der Waals surface area contributed by atoms with E-state index in [2.05, 4.69) is 19.1 Å². The maximum Gasteiger partial charge on any atom is 0.309 e. The highest BCUT2D eigenvalue weighted by atomic mass is 16.5. The number of esters is 1. The van der Waals surface area contributed by atoms with Gasteiger partial charge in [-0.3, -0.25) is 4.79 Å². The number of hydrogen-bond acceptors (Lipinski definition) is 3. The standard InChI is InChI=1S/C18H26O3/c1-4-5-11-21-16-8-6-7-15(12-16)17(14-9-10-14)13(2)18(19)20-3/h6-8,12-14,17H,4-5,9-11H2,1-3H3/t13-,17-/m0/s1. The lowest BCUT2D eigenvalue weighted by molar-refractivity contribution is -0.145. The highest BCUT2D eigenvalue weighted by Crippen LogP contribution is 2.47. The molecule has 3 nitrogen and oxygen atoms in total. The number of methoxy groups -OCH3 is 1. The van der Waals surface area contributed by atoms with Crippen molar-refractivity contribution < 1.29 is 14.3 Å². The normalized spacial score (nSPS) is 17.1. The zero-order valence-corrected chi connectivity index (χ0v) is 13.3. The fraction of sp³-hybridized carbons (Fsp3) is 0.611. The van der Waals surface area contributed by atoms with E-state index in [4.69, 9.17) is 9.47 Å². The predicted octanol–water partition coefficient (Wildman–Crippen LogP) is 4.17. The maximum absolute atomic E-state index is 11.9. The SMILES string of the molecule is CCCCOc1cccc([C@H](C2CC2)[C@H](C)C(=O)OC)c1. The van der Waals surface area contributed by atoms with Crippen molar-refractivity contribution in [3.63, 3.8) is 0 Å². The summed E-state index contributed by atoms with van der Waals surface area (Å²) in [4.78, 5) is 11.9. The molecular formula is C18H26O3. The van der Waals surface area contributed by atoms with Gasteiger partial charge in [0.1, 0.15) is 5.75 Å². The van der Waals surface area contributed by atoms with Crippen LogP contribution in [-0.2, 0) is 9.53 Å². The summed E-state index contributed by atoms with van der Waals surface area (Å²) in [5.74, 6) is 1.53. The van der Waals surface area contributed by atoms with Crippen LogP contribution in [0.1, 0.15) is 51.0 Å². The fourth-order valence-corrected chi connectivity index (χ4v) is 2.90. The molecule has 0 amide bonds. The lowest BCUT2D eigenvalue weighted by Crippen LogP contribution is -2.22. The van der Waals surface area contributed by atoms with Crippen LogP contribution in [0.15, 0.2) is 24.3 Å². The van der Waals surface area contributed by atoms with Gasteiger partial charge in [0.05, 0.1) is 19.6 Å². The quantitative estimate of drug-likeness (QED) is 0.532.